The fourth-order valence-corrected chi connectivity index (χ4v) is 3.08. The maximum Gasteiger partial charge on any atom is 0.525 e. The number of benzene rings is 2. The van der Waals surface area contributed by atoms with Crippen LogP contribution in [0.25, 0.3) is 10.8 Å². The summed E-state index contributed by atoms with van der Waals surface area (Å²) in [4.78, 5) is 36.8. The molecule has 0 spiro atoms. The van der Waals surface area contributed by atoms with E-state index in [9.17, 15) is 36.0 Å². The zero-order chi connectivity index (χ0) is 23.0. The van der Waals surface area contributed by atoms with E-state index in [0.29, 0.717) is 0 Å². The molecule has 0 atom stereocenters. The van der Waals surface area contributed by atoms with E-state index < -0.39 is 44.2 Å². The second-order valence-corrected chi connectivity index (χ2v) is 7.47. The van der Waals surface area contributed by atoms with Crippen molar-refractivity contribution in [1.82, 2.24) is 5.06 Å². The lowest BCUT2D eigenvalue weighted by Gasteiger charge is -2.25. The molecule has 1 aliphatic heterocycles. The molecule has 0 fully saturated rings. The molecule has 0 aliphatic carbocycles. The molecule has 1 heterocycles. The second kappa shape index (κ2) is 8.13. The van der Waals surface area contributed by atoms with Gasteiger partial charge in [-0.05, 0) is 23.6 Å². The Bertz CT molecular complexity index is 1180. The zero-order valence-corrected chi connectivity index (χ0v) is 16.3. The van der Waals surface area contributed by atoms with Crippen LogP contribution in [-0.4, -0.2) is 57.3 Å². The summed E-state index contributed by atoms with van der Waals surface area (Å²) in [7, 11) is -4.93. The Hall–Kier alpha value is -3.23. The van der Waals surface area contributed by atoms with Gasteiger partial charge in [0.2, 0.25) is 0 Å². The Labute approximate surface area is 172 Å². The molecule has 0 radical (unpaired) electrons. The summed E-state index contributed by atoms with van der Waals surface area (Å²) in [5.74, 6) is -3.16. The summed E-state index contributed by atoms with van der Waals surface area (Å²) >= 11 is 0. The Morgan fingerprint density at radius 3 is 2.39 bits per heavy atom. The number of carbonyl (C=O) groups excluding carboxylic acids is 3. The minimum Gasteiger partial charge on any atom is -0.432 e. The van der Waals surface area contributed by atoms with Crippen LogP contribution in [0.2, 0.25) is 0 Å². The maximum atomic E-state index is 12.7. The quantitative estimate of drug-likeness (QED) is 0.209. The number of carbonyl (C=O) groups is 3. The molecule has 1 aliphatic rings. The third-order valence-electron chi connectivity index (χ3n) is 3.94. The highest BCUT2D eigenvalue weighted by Crippen LogP contribution is 2.35. The van der Waals surface area contributed by atoms with Gasteiger partial charge in [0.1, 0.15) is 12.4 Å². The second-order valence-electron chi connectivity index (χ2n) is 5.95. The number of halogens is 3. The van der Waals surface area contributed by atoms with Gasteiger partial charge in [-0.1, -0.05) is 12.1 Å². The Morgan fingerprint density at radius 1 is 1.06 bits per heavy atom. The minimum atomic E-state index is -6.31. The lowest BCUT2D eigenvalue weighted by atomic mass is 9.95. The van der Waals surface area contributed by atoms with Crippen LogP contribution in [0.4, 0.5) is 18.0 Å². The van der Waals surface area contributed by atoms with Gasteiger partial charge in [-0.2, -0.15) is 21.6 Å². The van der Waals surface area contributed by atoms with Crippen molar-refractivity contribution in [3.63, 3.8) is 0 Å². The van der Waals surface area contributed by atoms with Crippen LogP contribution in [0.5, 0.6) is 5.75 Å². The number of hydroxylamine groups is 2. The highest BCUT2D eigenvalue weighted by Gasteiger charge is 2.51. The number of alkyl halides is 3. The molecule has 10 nitrogen and oxygen atoms in total. The van der Waals surface area contributed by atoms with Crippen molar-refractivity contribution >= 4 is 38.9 Å². The number of hydrogen-bond acceptors (Lipinski definition) is 9. The van der Waals surface area contributed by atoms with E-state index in [-0.39, 0.29) is 35.3 Å². The number of rotatable bonds is 6. The minimum absolute atomic E-state index is 0.0156. The van der Waals surface area contributed by atoms with E-state index in [2.05, 4.69) is 4.28 Å². The van der Waals surface area contributed by atoms with E-state index in [1.54, 1.807) is 0 Å². The topological polar surface area (TPSA) is 126 Å². The van der Waals surface area contributed by atoms with E-state index >= 15 is 0 Å². The summed E-state index contributed by atoms with van der Waals surface area (Å²) in [6.07, 6.45) is -1.16. The normalized spacial score (nSPS) is 14.1. The van der Waals surface area contributed by atoms with Gasteiger partial charge < -0.3 is 14.2 Å². The van der Waals surface area contributed by atoms with Crippen LogP contribution >= 0.6 is 0 Å². The van der Waals surface area contributed by atoms with Crippen molar-refractivity contribution in [2.75, 3.05) is 20.3 Å². The fourth-order valence-electron chi connectivity index (χ4n) is 2.66. The molecule has 2 aromatic rings. The molecule has 14 heteroatoms. The van der Waals surface area contributed by atoms with Crippen LogP contribution in [0.15, 0.2) is 30.3 Å². The largest absolute Gasteiger partial charge is 0.525 e. The predicted molar refractivity (Wildman–Crippen MR) is 94.4 cm³/mol. The van der Waals surface area contributed by atoms with Crippen molar-refractivity contribution in [2.45, 2.75) is 5.51 Å². The predicted octanol–water partition coefficient (Wildman–Crippen LogP) is 2.38. The highest BCUT2D eigenvalue weighted by atomic mass is 32.2. The van der Waals surface area contributed by atoms with Crippen molar-refractivity contribution in [3.8, 4) is 5.75 Å². The lowest BCUT2D eigenvalue weighted by molar-refractivity contribution is -0.0761. The summed E-state index contributed by atoms with van der Waals surface area (Å²) in [6.45, 7) is -0.0493. The van der Waals surface area contributed by atoms with Crippen LogP contribution in [0.1, 0.15) is 20.7 Å². The third kappa shape index (κ3) is 4.30. The number of nitrogens with zero attached hydrogens (tertiary/aromatic N) is 1. The first kappa shape index (κ1) is 22.5. The first-order valence-electron chi connectivity index (χ1n) is 8.26. The summed E-state index contributed by atoms with van der Waals surface area (Å²) in [5, 5.41) is -0.280. The maximum absolute atomic E-state index is 12.7. The monoisotopic (exact) mass is 463 g/mol. The molecule has 0 saturated heterocycles. The van der Waals surface area contributed by atoms with Crippen molar-refractivity contribution in [3.05, 3.63) is 41.5 Å². The lowest BCUT2D eigenvalue weighted by Crippen LogP contribution is -2.44. The average molecular weight is 463 g/mol. The van der Waals surface area contributed by atoms with E-state index in [1.807, 2.05) is 0 Å². The number of imide groups is 1. The number of hydrogen-bond donors (Lipinski definition) is 0. The van der Waals surface area contributed by atoms with Crippen molar-refractivity contribution < 1.29 is 54.5 Å². The zero-order valence-electron chi connectivity index (χ0n) is 15.5. The van der Waals surface area contributed by atoms with Gasteiger partial charge in [-0.25, -0.2) is 4.79 Å². The molecule has 0 N–H and O–H groups in total. The molecule has 3 rings (SSSR count). The standard InChI is InChI=1S/C17H12F3NO9S/c1-27-5-6-28-16(24)29-10-7-9-3-2-4-11-13(9)12(8-10)15(23)21(14(11)22)30-31(25,26)17(18,19)20/h2-4,7-8H,5-6H2,1H3. The van der Waals surface area contributed by atoms with Gasteiger partial charge in [0.25, 0.3) is 11.8 Å². The van der Waals surface area contributed by atoms with Gasteiger partial charge >= 0.3 is 21.8 Å². The molecule has 0 saturated carbocycles. The summed E-state index contributed by atoms with van der Waals surface area (Å²) in [6, 6.07) is 6.15. The first-order valence-corrected chi connectivity index (χ1v) is 9.67. The average Bonchev–Trinajstić information content (AvgIpc) is 2.68. The SMILES string of the molecule is COCCOC(=O)Oc1cc2c3c(cccc3c1)C(=O)N(OS(=O)(=O)C(F)(F)F)C2=O. The van der Waals surface area contributed by atoms with Crippen LogP contribution < -0.4 is 4.74 Å². The number of methoxy groups -OCH3 is 1. The Morgan fingerprint density at radius 2 is 1.74 bits per heavy atom. The molecule has 2 aromatic carbocycles. The van der Waals surface area contributed by atoms with Gasteiger partial charge in [-0.15, -0.1) is 9.35 Å². The fraction of sp³-hybridized carbons (Fsp3) is 0.235. The van der Waals surface area contributed by atoms with Gasteiger partial charge in [0.15, 0.2) is 0 Å². The van der Waals surface area contributed by atoms with Gasteiger partial charge in [0.05, 0.1) is 17.7 Å². The Kier molecular flexibility index (Phi) is 5.89. The van der Waals surface area contributed by atoms with E-state index in [0.717, 1.165) is 12.1 Å². The number of amides is 2. The van der Waals surface area contributed by atoms with Gasteiger partial charge in [0, 0.05) is 12.5 Å². The van der Waals surface area contributed by atoms with Crippen molar-refractivity contribution in [2.24, 2.45) is 0 Å². The molecule has 0 bridgehead atoms. The molecule has 31 heavy (non-hydrogen) atoms. The van der Waals surface area contributed by atoms with Crippen LogP contribution in [0, 0.1) is 0 Å². The highest BCUT2D eigenvalue weighted by molar-refractivity contribution is 7.87. The van der Waals surface area contributed by atoms with E-state index in [1.165, 1.54) is 25.3 Å². The third-order valence-corrected chi connectivity index (χ3v) is 4.86. The van der Waals surface area contributed by atoms with Crippen molar-refractivity contribution in [1.29, 1.82) is 0 Å². The molecule has 166 valence electrons. The smallest absolute Gasteiger partial charge is 0.432 e. The molecule has 0 unspecified atom stereocenters. The molecular weight excluding hydrogens is 451 g/mol. The Balaban J connectivity index is 2.01. The molecule has 2 amide bonds. The molecule has 0 aromatic heterocycles. The first-order chi connectivity index (χ1) is 14.5. The van der Waals surface area contributed by atoms with Crippen LogP contribution in [0.3, 0.4) is 0 Å². The molecular formula is C17H12F3NO9S. The van der Waals surface area contributed by atoms with E-state index in [4.69, 9.17) is 14.2 Å². The van der Waals surface area contributed by atoms with Gasteiger partial charge in [-0.3, -0.25) is 9.59 Å². The van der Waals surface area contributed by atoms with Crippen LogP contribution in [-0.2, 0) is 23.9 Å². The number of ether oxygens (including phenoxy) is 3. The summed E-state index contributed by atoms with van der Waals surface area (Å²) < 4.78 is 78.7. The summed E-state index contributed by atoms with van der Waals surface area (Å²) in [5.41, 5.74) is -6.60.